The molecule has 1 unspecified atom stereocenters. The van der Waals surface area contributed by atoms with Gasteiger partial charge in [0.2, 0.25) is 0 Å². The number of esters is 1. The molecule has 0 saturated heterocycles. The SMILES string of the molecule is CCOC(=O)C(C)(CC(C)C)OCC. The van der Waals surface area contributed by atoms with E-state index in [0.29, 0.717) is 25.6 Å². The molecule has 0 amide bonds. The Morgan fingerprint density at radius 1 is 1.29 bits per heavy atom. The minimum atomic E-state index is -0.779. The Hall–Kier alpha value is -0.570. The van der Waals surface area contributed by atoms with Crippen LogP contribution in [-0.4, -0.2) is 24.8 Å². The number of carbonyl (C=O) groups is 1. The summed E-state index contributed by atoms with van der Waals surface area (Å²) in [7, 11) is 0. The van der Waals surface area contributed by atoms with Crippen LogP contribution in [0.25, 0.3) is 0 Å². The van der Waals surface area contributed by atoms with Crippen molar-refractivity contribution in [2.24, 2.45) is 5.92 Å². The lowest BCUT2D eigenvalue weighted by Gasteiger charge is -2.28. The molecule has 3 heteroatoms. The normalized spacial score (nSPS) is 15.3. The van der Waals surface area contributed by atoms with Crippen molar-refractivity contribution in [2.45, 2.75) is 46.6 Å². The van der Waals surface area contributed by atoms with Gasteiger partial charge in [-0.25, -0.2) is 4.79 Å². The summed E-state index contributed by atoms with van der Waals surface area (Å²) < 4.78 is 10.5. The van der Waals surface area contributed by atoms with Crippen molar-refractivity contribution < 1.29 is 14.3 Å². The summed E-state index contributed by atoms with van der Waals surface area (Å²) >= 11 is 0. The highest BCUT2D eigenvalue weighted by Gasteiger charge is 2.35. The molecular weight excluding hydrogens is 180 g/mol. The standard InChI is InChI=1S/C11H22O3/c1-6-13-10(12)11(5,14-7-2)8-9(3)4/h9H,6-8H2,1-5H3. The van der Waals surface area contributed by atoms with Gasteiger partial charge in [0.15, 0.2) is 5.60 Å². The first kappa shape index (κ1) is 13.4. The van der Waals surface area contributed by atoms with E-state index in [0.717, 1.165) is 0 Å². The number of hydrogen-bond acceptors (Lipinski definition) is 3. The minimum absolute atomic E-state index is 0.254. The monoisotopic (exact) mass is 202 g/mol. The molecule has 0 N–H and O–H groups in total. The van der Waals surface area contributed by atoms with Crippen LogP contribution in [0.4, 0.5) is 0 Å². The van der Waals surface area contributed by atoms with Gasteiger partial charge in [-0.05, 0) is 33.1 Å². The van der Waals surface area contributed by atoms with Crippen molar-refractivity contribution in [2.75, 3.05) is 13.2 Å². The first-order chi connectivity index (χ1) is 6.46. The molecule has 0 spiro atoms. The Bertz CT molecular complexity index is 177. The maximum absolute atomic E-state index is 11.6. The Morgan fingerprint density at radius 3 is 2.21 bits per heavy atom. The van der Waals surface area contributed by atoms with E-state index < -0.39 is 5.60 Å². The second-order valence-corrected chi connectivity index (χ2v) is 3.98. The molecule has 1 atom stereocenters. The minimum Gasteiger partial charge on any atom is -0.464 e. The Labute approximate surface area is 86.8 Å². The van der Waals surface area contributed by atoms with Gasteiger partial charge in [-0.2, -0.15) is 0 Å². The van der Waals surface area contributed by atoms with Gasteiger partial charge >= 0.3 is 5.97 Å². The molecule has 0 radical (unpaired) electrons. The molecular formula is C11H22O3. The molecule has 0 aliphatic rings. The molecule has 0 heterocycles. The van der Waals surface area contributed by atoms with Gasteiger partial charge in [-0.3, -0.25) is 0 Å². The predicted octanol–water partition coefficient (Wildman–Crippen LogP) is 2.39. The third-order valence-corrected chi connectivity index (χ3v) is 1.97. The quantitative estimate of drug-likeness (QED) is 0.620. The number of carbonyl (C=O) groups excluding carboxylic acids is 1. The first-order valence-electron chi connectivity index (χ1n) is 5.27. The third kappa shape index (κ3) is 4.09. The van der Waals surface area contributed by atoms with Crippen LogP contribution in [0.3, 0.4) is 0 Å². The highest BCUT2D eigenvalue weighted by atomic mass is 16.6. The second kappa shape index (κ2) is 6.02. The van der Waals surface area contributed by atoms with Gasteiger partial charge in [0.05, 0.1) is 6.61 Å². The van der Waals surface area contributed by atoms with Crippen LogP contribution in [-0.2, 0) is 14.3 Å². The van der Waals surface area contributed by atoms with Crippen molar-refractivity contribution in [1.82, 2.24) is 0 Å². The fourth-order valence-electron chi connectivity index (χ4n) is 1.58. The van der Waals surface area contributed by atoms with Crippen molar-refractivity contribution in [3.05, 3.63) is 0 Å². The van der Waals surface area contributed by atoms with Crippen molar-refractivity contribution in [1.29, 1.82) is 0 Å². The lowest BCUT2D eigenvalue weighted by atomic mass is 9.94. The Balaban J connectivity index is 4.43. The summed E-state index contributed by atoms with van der Waals surface area (Å²) in [5.74, 6) is 0.159. The van der Waals surface area contributed by atoms with Crippen LogP contribution >= 0.6 is 0 Å². The van der Waals surface area contributed by atoms with Crippen LogP contribution in [0.5, 0.6) is 0 Å². The van der Waals surface area contributed by atoms with E-state index in [9.17, 15) is 4.79 Å². The van der Waals surface area contributed by atoms with Gasteiger partial charge in [0.25, 0.3) is 0 Å². The lowest BCUT2D eigenvalue weighted by Crippen LogP contribution is -2.41. The largest absolute Gasteiger partial charge is 0.464 e. The third-order valence-electron chi connectivity index (χ3n) is 1.97. The molecule has 0 saturated carbocycles. The molecule has 0 aromatic rings. The van der Waals surface area contributed by atoms with Crippen LogP contribution in [0.15, 0.2) is 0 Å². The average Bonchev–Trinajstić information content (AvgIpc) is 2.03. The van der Waals surface area contributed by atoms with E-state index in [4.69, 9.17) is 9.47 Å². The fraction of sp³-hybridized carbons (Fsp3) is 0.909. The smallest absolute Gasteiger partial charge is 0.338 e. The van der Waals surface area contributed by atoms with Crippen molar-refractivity contribution in [3.8, 4) is 0 Å². The van der Waals surface area contributed by atoms with Gasteiger partial charge in [-0.1, -0.05) is 13.8 Å². The lowest BCUT2D eigenvalue weighted by molar-refractivity contribution is -0.171. The van der Waals surface area contributed by atoms with Gasteiger partial charge in [0.1, 0.15) is 0 Å². The zero-order valence-corrected chi connectivity index (χ0v) is 9.92. The number of hydrogen-bond donors (Lipinski definition) is 0. The molecule has 0 aliphatic heterocycles. The topological polar surface area (TPSA) is 35.5 Å². The molecule has 0 bridgehead atoms. The maximum atomic E-state index is 11.6. The summed E-state index contributed by atoms with van der Waals surface area (Å²) in [6.07, 6.45) is 0.694. The molecule has 3 nitrogen and oxygen atoms in total. The zero-order valence-electron chi connectivity index (χ0n) is 9.92. The van der Waals surface area contributed by atoms with E-state index in [2.05, 4.69) is 13.8 Å². The van der Waals surface area contributed by atoms with E-state index in [1.54, 1.807) is 13.8 Å². The van der Waals surface area contributed by atoms with Crippen LogP contribution < -0.4 is 0 Å². The van der Waals surface area contributed by atoms with E-state index in [1.807, 2.05) is 6.92 Å². The summed E-state index contributed by atoms with van der Waals surface area (Å²) in [5, 5.41) is 0. The highest BCUT2D eigenvalue weighted by molar-refractivity contribution is 5.79. The average molecular weight is 202 g/mol. The van der Waals surface area contributed by atoms with E-state index >= 15 is 0 Å². The molecule has 0 fully saturated rings. The summed E-state index contributed by atoms with van der Waals surface area (Å²) in [4.78, 5) is 11.6. The van der Waals surface area contributed by atoms with Crippen LogP contribution in [0, 0.1) is 5.92 Å². The Kier molecular flexibility index (Phi) is 5.77. The number of ether oxygens (including phenoxy) is 2. The fourth-order valence-corrected chi connectivity index (χ4v) is 1.58. The Morgan fingerprint density at radius 2 is 1.86 bits per heavy atom. The summed E-state index contributed by atoms with van der Waals surface area (Å²) in [6.45, 7) is 10.6. The van der Waals surface area contributed by atoms with Crippen LogP contribution in [0.2, 0.25) is 0 Å². The first-order valence-corrected chi connectivity index (χ1v) is 5.27. The second-order valence-electron chi connectivity index (χ2n) is 3.98. The number of rotatable bonds is 6. The van der Waals surface area contributed by atoms with Gasteiger partial charge in [-0.15, -0.1) is 0 Å². The van der Waals surface area contributed by atoms with Crippen LogP contribution in [0.1, 0.15) is 41.0 Å². The summed E-state index contributed by atoms with van der Waals surface area (Å²) in [6, 6.07) is 0. The molecule has 0 aromatic heterocycles. The van der Waals surface area contributed by atoms with Crippen molar-refractivity contribution >= 4 is 5.97 Å². The predicted molar refractivity (Wildman–Crippen MR) is 56.1 cm³/mol. The molecule has 0 rings (SSSR count). The van der Waals surface area contributed by atoms with Gasteiger partial charge < -0.3 is 9.47 Å². The summed E-state index contributed by atoms with van der Waals surface area (Å²) in [5.41, 5.74) is -0.779. The molecule has 0 aromatic carbocycles. The highest BCUT2D eigenvalue weighted by Crippen LogP contribution is 2.22. The van der Waals surface area contributed by atoms with Crippen molar-refractivity contribution in [3.63, 3.8) is 0 Å². The molecule has 14 heavy (non-hydrogen) atoms. The molecule has 84 valence electrons. The van der Waals surface area contributed by atoms with E-state index in [-0.39, 0.29) is 5.97 Å². The van der Waals surface area contributed by atoms with Gasteiger partial charge in [0, 0.05) is 6.61 Å². The zero-order chi connectivity index (χ0) is 11.2. The van der Waals surface area contributed by atoms with E-state index in [1.165, 1.54) is 0 Å². The molecule has 0 aliphatic carbocycles. The maximum Gasteiger partial charge on any atom is 0.338 e.